The molecule has 0 N–H and O–H groups in total. The highest BCUT2D eigenvalue weighted by Gasteiger charge is 1.99. The first-order valence-electron chi connectivity index (χ1n) is 6.45. The van der Waals surface area contributed by atoms with E-state index in [0.717, 1.165) is 11.1 Å². The Kier molecular flexibility index (Phi) is 14.8. The molecule has 0 radical (unpaired) electrons. The molecule has 0 amide bonds. The Bertz CT molecular complexity index is 601. The van der Waals surface area contributed by atoms with Crippen molar-refractivity contribution in [1.29, 1.82) is 0 Å². The van der Waals surface area contributed by atoms with Gasteiger partial charge in [-0.1, -0.05) is 109 Å². The Morgan fingerprint density at radius 3 is 2.00 bits per heavy atom. The summed E-state index contributed by atoms with van der Waals surface area (Å²) in [6, 6.07) is 18.9. The minimum atomic E-state index is 0. The summed E-state index contributed by atoms with van der Waals surface area (Å²) in [5, 5.41) is 0. The Hall–Kier alpha value is -2.34. The molecule has 2 aromatic rings. The van der Waals surface area contributed by atoms with E-state index < -0.39 is 0 Å². The highest BCUT2D eigenvalue weighted by molar-refractivity contribution is 5.76. The van der Waals surface area contributed by atoms with Gasteiger partial charge in [-0.25, -0.2) is 0 Å². The molecule has 0 aliphatic carbocycles. The van der Waals surface area contributed by atoms with Crippen molar-refractivity contribution in [1.82, 2.24) is 0 Å². The number of allylic oxidation sites excluding steroid dienone is 5. The molecule has 2 aromatic carbocycles. The van der Waals surface area contributed by atoms with Crippen LogP contribution in [0.3, 0.4) is 0 Å². The van der Waals surface area contributed by atoms with Crippen LogP contribution in [0.25, 0.3) is 16.7 Å². The van der Waals surface area contributed by atoms with Crippen LogP contribution in [0, 0.1) is 0 Å². The zero-order chi connectivity index (χ0) is 13.5. The predicted octanol–water partition coefficient (Wildman–Crippen LogP) is 8.04. The summed E-state index contributed by atoms with van der Waals surface area (Å²) in [6.07, 6.45) is 8.05. The van der Waals surface area contributed by atoms with Crippen molar-refractivity contribution in [2.75, 3.05) is 0 Å². The molecule has 0 unspecified atom stereocenters. The smallest absolute Gasteiger partial charge is 0.0178 e. The van der Waals surface area contributed by atoms with Crippen LogP contribution in [-0.4, -0.2) is 0 Å². The van der Waals surface area contributed by atoms with Gasteiger partial charge in [-0.15, -0.1) is 0 Å². The summed E-state index contributed by atoms with van der Waals surface area (Å²) in [5.41, 5.74) is 4.63. The minimum Gasteiger partial charge on any atom is -0.0912 e. The van der Waals surface area contributed by atoms with E-state index in [4.69, 9.17) is 0 Å². The largest absolute Gasteiger partial charge is 0.0912 e. The molecule has 0 saturated heterocycles. The molecule has 0 aromatic heterocycles. The van der Waals surface area contributed by atoms with Crippen molar-refractivity contribution in [3.8, 4) is 11.1 Å². The van der Waals surface area contributed by atoms with Gasteiger partial charge < -0.3 is 0 Å². The van der Waals surface area contributed by atoms with Gasteiger partial charge in [0.25, 0.3) is 0 Å². The first-order valence-corrected chi connectivity index (χ1v) is 6.45. The number of hydrogen-bond donors (Lipinski definition) is 0. The van der Waals surface area contributed by atoms with Gasteiger partial charge in [0.15, 0.2) is 0 Å². The Morgan fingerprint density at radius 2 is 1.39 bits per heavy atom. The molecule has 0 heterocycles. The lowest BCUT2D eigenvalue weighted by Gasteiger charge is -2.05. The van der Waals surface area contributed by atoms with Crippen molar-refractivity contribution in [3.63, 3.8) is 0 Å². The van der Waals surface area contributed by atoms with Crippen LogP contribution in [0.2, 0.25) is 0 Å². The average molecular weight is 311 g/mol. The standard InChI is InChI=1S/C19H18.4CH4/c1-3-4-6-10-16(2)18-13-9-14-19(15-18)17-11-7-5-8-12-17;;;;/h3-15H,2H2,1H3;4*1H4/b4-3-,10-6-;;;;. The van der Waals surface area contributed by atoms with Gasteiger partial charge in [0.2, 0.25) is 0 Å². The number of benzene rings is 2. The summed E-state index contributed by atoms with van der Waals surface area (Å²) in [7, 11) is 0. The predicted molar refractivity (Wildman–Crippen MR) is 112 cm³/mol. The van der Waals surface area contributed by atoms with Crippen LogP contribution < -0.4 is 0 Å². The first-order chi connectivity index (χ1) is 9.31. The van der Waals surface area contributed by atoms with E-state index in [-0.39, 0.29) is 29.7 Å². The van der Waals surface area contributed by atoms with E-state index in [1.807, 2.05) is 37.3 Å². The second-order valence-corrected chi connectivity index (χ2v) is 4.36. The average Bonchev–Trinajstić information content (AvgIpc) is 2.48. The Morgan fingerprint density at radius 1 is 0.783 bits per heavy atom. The first kappa shape index (κ1) is 25.6. The third-order valence-corrected chi connectivity index (χ3v) is 2.94. The van der Waals surface area contributed by atoms with Gasteiger partial charge >= 0.3 is 0 Å². The maximum atomic E-state index is 4.11. The normalized spacial score (nSPS) is 9.26. The maximum absolute atomic E-state index is 4.11. The van der Waals surface area contributed by atoms with Gasteiger partial charge in [-0.3, -0.25) is 0 Å². The van der Waals surface area contributed by atoms with E-state index >= 15 is 0 Å². The van der Waals surface area contributed by atoms with Crippen LogP contribution in [0.4, 0.5) is 0 Å². The van der Waals surface area contributed by atoms with Crippen molar-refractivity contribution in [2.24, 2.45) is 0 Å². The molecule has 0 saturated carbocycles. The molecule has 23 heavy (non-hydrogen) atoms. The molecule has 2 rings (SSSR count). The van der Waals surface area contributed by atoms with E-state index in [1.165, 1.54) is 11.1 Å². The van der Waals surface area contributed by atoms with Crippen LogP contribution in [0.1, 0.15) is 42.2 Å². The Labute approximate surface area is 144 Å². The molecule has 0 aliphatic rings. The van der Waals surface area contributed by atoms with Gasteiger partial charge in [0.05, 0.1) is 0 Å². The van der Waals surface area contributed by atoms with Crippen LogP contribution >= 0.6 is 0 Å². The fourth-order valence-corrected chi connectivity index (χ4v) is 1.91. The molecular weight excluding hydrogens is 276 g/mol. The highest BCUT2D eigenvalue weighted by Crippen LogP contribution is 2.23. The lowest BCUT2D eigenvalue weighted by atomic mass is 9.99. The minimum absolute atomic E-state index is 0. The molecule has 0 aliphatic heterocycles. The van der Waals surface area contributed by atoms with Crippen molar-refractivity contribution in [2.45, 2.75) is 36.6 Å². The number of rotatable bonds is 4. The third kappa shape index (κ3) is 7.46. The van der Waals surface area contributed by atoms with Crippen molar-refractivity contribution in [3.05, 3.63) is 91.0 Å². The maximum Gasteiger partial charge on any atom is -0.0178 e. The summed E-state index contributed by atoms with van der Waals surface area (Å²) >= 11 is 0. The molecule has 0 atom stereocenters. The van der Waals surface area contributed by atoms with Crippen LogP contribution in [0.15, 0.2) is 85.5 Å². The van der Waals surface area contributed by atoms with Gasteiger partial charge in [-0.2, -0.15) is 0 Å². The molecule has 0 nitrogen and oxygen atoms in total. The fourth-order valence-electron chi connectivity index (χ4n) is 1.91. The van der Waals surface area contributed by atoms with Crippen molar-refractivity contribution < 1.29 is 0 Å². The molecule has 0 fully saturated rings. The fraction of sp³-hybridized carbons (Fsp3) is 0.217. The lowest BCUT2D eigenvalue weighted by molar-refractivity contribution is 1.58. The summed E-state index contributed by atoms with van der Waals surface area (Å²) in [4.78, 5) is 0. The summed E-state index contributed by atoms with van der Waals surface area (Å²) in [6.45, 7) is 6.11. The second kappa shape index (κ2) is 13.3. The lowest BCUT2D eigenvalue weighted by Crippen LogP contribution is -1.82. The summed E-state index contributed by atoms with van der Waals surface area (Å²) in [5.74, 6) is 0. The SMILES string of the molecule is C.C.C.C.C=C(/C=C\C=C/C)c1cccc(-c2ccccc2)c1. The topological polar surface area (TPSA) is 0 Å². The zero-order valence-corrected chi connectivity index (χ0v) is 11.2. The van der Waals surface area contributed by atoms with E-state index in [1.54, 1.807) is 0 Å². The molecule has 0 bridgehead atoms. The van der Waals surface area contributed by atoms with E-state index in [2.05, 4.69) is 55.1 Å². The molecule has 0 heteroatoms. The quantitative estimate of drug-likeness (QED) is 0.501. The molecular formula is C23H34. The highest BCUT2D eigenvalue weighted by atomic mass is 14.0. The van der Waals surface area contributed by atoms with Gasteiger partial charge in [0.1, 0.15) is 0 Å². The summed E-state index contributed by atoms with van der Waals surface area (Å²) < 4.78 is 0. The zero-order valence-electron chi connectivity index (χ0n) is 11.2. The van der Waals surface area contributed by atoms with Gasteiger partial charge in [-0.05, 0) is 35.3 Å². The van der Waals surface area contributed by atoms with Gasteiger partial charge in [0, 0.05) is 0 Å². The van der Waals surface area contributed by atoms with E-state index in [9.17, 15) is 0 Å². The molecule has 0 spiro atoms. The Balaban J connectivity index is -0.000001000. The monoisotopic (exact) mass is 310 g/mol. The van der Waals surface area contributed by atoms with Crippen LogP contribution in [-0.2, 0) is 0 Å². The molecule has 126 valence electrons. The van der Waals surface area contributed by atoms with Crippen LogP contribution in [0.5, 0.6) is 0 Å². The number of hydrogen-bond acceptors (Lipinski definition) is 0. The second-order valence-electron chi connectivity index (χ2n) is 4.36. The van der Waals surface area contributed by atoms with E-state index in [0.29, 0.717) is 0 Å². The third-order valence-electron chi connectivity index (χ3n) is 2.94. The van der Waals surface area contributed by atoms with Crippen molar-refractivity contribution >= 4 is 5.57 Å².